The van der Waals surface area contributed by atoms with Gasteiger partial charge >= 0.3 is 5.97 Å². The molecule has 0 amide bonds. The molecule has 2 atom stereocenters. The fourth-order valence-corrected chi connectivity index (χ4v) is 2.33. The van der Waals surface area contributed by atoms with Gasteiger partial charge < -0.3 is 5.11 Å². The van der Waals surface area contributed by atoms with E-state index in [1.165, 1.54) is 0 Å². The Bertz CT molecular complexity index is 529. The van der Waals surface area contributed by atoms with Gasteiger partial charge in [-0.05, 0) is 41.0 Å². The van der Waals surface area contributed by atoms with Crippen LogP contribution in [-0.2, 0) is 11.2 Å². The molecule has 2 rings (SSSR count). The van der Waals surface area contributed by atoms with Crippen molar-refractivity contribution in [3.63, 3.8) is 0 Å². The Hall–Kier alpha value is -2.31. The smallest absolute Gasteiger partial charge is 0.307 e. The molecule has 2 heterocycles. The topological polar surface area (TPSA) is 105 Å². The molecule has 0 fully saturated rings. The number of tetrazole rings is 1. The monoisotopic (exact) mass is 275 g/mol. The highest BCUT2D eigenvalue weighted by molar-refractivity contribution is 5.71. The van der Waals surface area contributed by atoms with E-state index in [1.807, 2.05) is 19.1 Å². The van der Waals surface area contributed by atoms with Crippen LogP contribution >= 0.6 is 0 Å². The van der Waals surface area contributed by atoms with Crippen LogP contribution in [-0.4, -0.2) is 36.7 Å². The number of pyridine rings is 1. The molecule has 0 aromatic carbocycles. The van der Waals surface area contributed by atoms with Crippen LogP contribution in [0.2, 0.25) is 0 Å². The largest absolute Gasteiger partial charge is 0.481 e. The maximum atomic E-state index is 11.5. The zero-order chi connectivity index (χ0) is 14.4. The van der Waals surface area contributed by atoms with Crippen molar-refractivity contribution in [1.82, 2.24) is 25.6 Å². The molecule has 2 aromatic heterocycles. The van der Waals surface area contributed by atoms with Crippen LogP contribution in [0.5, 0.6) is 0 Å². The van der Waals surface area contributed by atoms with E-state index in [0.29, 0.717) is 18.7 Å². The maximum Gasteiger partial charge on any atom is 0.307 e. The van der Waals surface area contributed by atoms with Gasteiger partial charge in [0.05, 0.1) is 5.92 Å². The summed E-state index contributed by atoms with van der Waals surface area (Å²) in [6.45, 7) is 1.97. The van der Waals surface area contributed by atoms with Crippen LogP contribution in [0.3, 0.4) is 0 Å². The van der Waals surface area contributed by atoms with Crippen LogP contribution in [0.1, 0.15) is 37.1 Å². The Morgan fingerprint density at radius 3 is 2.70 bits per heavy atom. The average molecular weight is 275 g/mol. The summed E-state index contributed by atoms with van der Waals surface area (Å²) in [5.41, 5.74) is 1.02. The first kappa shape index (κ1) is 14.1. The van der Waals surface area contributed by atoms with Gasteiger partial charge in [0.15, 0.2) is 5.82 Å². The van der Waals surface area contributed by atoms with Crippen LogP contribution < -0.4 is 0 Å². The minimum Gasteiger partial charge on any atom is -0.481 e. The molecule has 0 aliphatic carbocycles. The SMILES string of the molecule is CCC[C@H](C(=O)O)[C@H](Cc1ccncc1)c1nnn[nH]1. The number of nitrogens with one attached hydrogen (secondary N) is 1. The lowest BCUT2D eigenvalue weighted by molar-refractivity contribution is -0.142. The fraction of sp³-hybridized carbons (Fsp3) is 0.462. The molecule has 0 aliphatic heterocycles. The number of hydrogen-bond donors (Lipinski definition) is 2. The lowest BCUT2D eigenvalue weighted by Gasteiger charge is -2.21. The first-order valence-electron chi connectivity index (χ1n) is 6.57. The number of hydrogen-bond acceptors (Lipinski definition) is 5. The minimum absolute atomic E-state index is 0.273. The molecule has 2 aromatic rings. The molecular formula is C13H17N5O2. The molecule has 0 spiro atoms. The first-order valence-corrected chi connectivity index (χ1v) is 6.57. The van der Waals surface area contributed by atoms with Crippen LogP contribution in [0.4, 0.5) is 0 Å². The second-order valence-electron chi connectivity index (χ2n) is 4.69. The molecule has 0 saturated carbocycles. The Kier molecular flexibility index (Phi) is 4.75. The van der Waals surface area contributed by atoms with E-state index in [4.69, 9.17) is 0 Å². The molecular weight excluding hydrogens is 258 g/mol. The second kappa shape index (κ2) is 6.74. The van der Waals surface area contributed by atoms with Crippen molar-refractivity contribution < 1.29 is 9.90 Å². The number of aromatic amines is 1. The molecule has 106 valence electrons. The van der Waals surface area contributed by atoms with Gasteiger partial charge in [0.1, 0.15) is 0 Å². The summed E-state index contributed by atoms with van der Waals surface area (Å²) in [7, 11) is 0. The van der Waals surface area contributed by atoms with Gasteiger partial charge in [0, 0.05) is 18.3 Å². The molecule has 7 nitrogen and oxygen atoms in total. The van der Waals surface area contributed by atoms with E-state index in [9.17, 15) is 9.90 Å². The molecule has 2 N–H and O–H groups in total. The number of aromatic nitrogens is 5. The van der Waals surface area contributed by atoms with Crippen molar-refractivity contribution in [2.45, 2.75) is 32.1 Å². The minimum atomic E-state index is -0.817. The van der Waals surface area contributed by atoms with Crippen LogP contribution in [0, 0.1) is 5.92 Å². The van der Waals surface area contributed by atoms with Crippen molar-refractivity contribution >= 4 is 5.97 Å². The Morgan fingerprint density at radius 2 is 2.15 bits per heavy atom. The van der Waals surface area contributed by atoms with Crippen LogP contribution in [0.25, 0.3) is 0 Å². The van der Waals surface area contributed by atoms with E-state index in [0.717, 1.165) is 12.0 Å². The lowest BCUT2D eigenvalue weighted by atomic mass is 9.83. The van der Waals surface area contributed by atoms with Gasteiger partial charge in [0.2, 0.25) is 0 Å². The quantitative estimate of drug-likeness (QED) is 0.791. The standard InChI is InChI=1S/C13H17N5O2/c1-2-3-10(13(19)20)11(12-15-17-18-16-12)8-9-4-6-14-7-5-9/h4-7,10-11H,2-3,8H2,1H3,(H,19,20)(H,15,16,17,18)/t10-,11-/m0/s1. The zero-order valence-electron chi connectivity index (χ0n) is 11.2. The van der Waals surface area contributed by atoms with Crippen molar-refractivity contribution in [2.24, 2.45) is 5.92 Å². The van der Waals surface area contributed by atoms with Gasteiger partial charge in [-0.25, -0.2) is 5.10 Å². The Balaban J connectivity index is 2.27. The summed E-state index contributed by atoms with van der Waals surface area (Å²) < 4.78 is 0. The predicted molar refractivity (Wildman–Crippen MR) is 70.9 cm³/mol. The zero-order valence-corrected chi connectivity index (χ0v) is 11.2. The number of rotatable bonds is 7. The number of carbonyl (C=O) groups is 1. The summed E-state index contributed by atoms with van der Waals surface area (Å²) in [5.74, 6) is -1.09. The van der Waals surface area contributed by atoms with E-state index in [1.54, 1.807) is 12.4 Å². The van der Waals surface area contributed by atoms with Gasteiger partial charge in [-0.15, -0.1) is 5.10 Å². The summed E-state index contributed by atoms with van der Waals surface area (Å²) in [4.78, 5) is 15.5. The van der Waals surface area contributed by atoms with Crippen molar-refractivity contribution in [3.8, 4) is 0 Å². The normalized spacial score (nSPS) is 13.8. The third-order valence-electron chi connectivity index (χ3n) is 3.32. The number of carboxylic acid groups (broad SMARTS) is 1. The summed E-state index contributed by atoms with van der Waals surface area (Å²) in [6.07, 6.45) is 5.34. The third kappa shape index (κ3) is 3.37. The molecule has 0 saturated heterocycles. The fourth-order valence-electron chi connectivity index (χ4n) is 2.33. The van der Waals surface area contributed by atoms with E-state index in [2.05, 4.69) is 25.6 Å². The van der Waals surface area contributed by atoms with Crippen LogP contribution in [0.15, 0.2) is 24.5 Å². The van der Waals surface area contributed by atoms with Gasteiger partial charge in [-0.3, -0.25) is 9.78 Å². The lowest BCUT2D eigenvalue weighted by Crippen LogP contribution is -2.25. The number of H-pyrrole nitrogens is 1. The molecule has 7 heteroatoms. The third-order valence-corrected chi connectivity index (χ3v) is 3.32. The second-order valence-corrected chi connectivity index (χ2v) is 4.69. The maximum absolute atomic E-state index is 11.5. The molecule has 0 bridgehead atoms. The highest BCUT2D eigenvalue weighted by Gasteiger charge is 2.31. The highest BCUT2D eigenvalue weighted by atomic mass is 16.4. The number of aliphatic carboxylic acids is 1. The summed E-state index contributed by atoms with van der Waals surface area (Å²) >= 11 is 0. The van der Waals surface area contributed by atoms with Gasteiger partial charge in [-0.1, -0.05) is 13.3 Å². The van der Waals surface area contributed by atoms with E-state index < -0.39 is 11.9 Å². The molecule has 20 heavy (non-hydrogen) atoms. The first-order chi connectivity index (χ1) is 9.72. The van der Waals surface area contributed by atoms with Crippen molar-refractivity contribution in [2.75, 3.05) is 0 Å². The van der Waals surface area contributed by atoms with Crippen molar-refractivity contribution in [1.29, 1.82) is 0 Å². The average Bonchev–Trinajstić information content (AvgIpc) is 2.97. The molecule has 0 unspecified atom stereocenters. The summed E-state index contributed by atoms with van der Waals surface area (Å²) in [5, 5.41) is 23.2. The highest BCUT2D eigenvalue weighted by Crippen LogP contribution is 2.29. The Labute approximate surface area is 116 Å². The molecule has 0 radical (unpaired) electrons. The summed E-state index contributed by atoms with van der Waals surface area (Å²) in [6, 6.07) is 3.75. The number of nitrogens with zero attached hydrogens (tertiary/aromatic N) is 4. The number of carboxylic acids is 1. The molecule has 0 aliphatic rings. The van der Waals surface area contributed by atoms with E-state index >= 15 is 0 Å². The predicted octanol–water partition coefficient (Wildman–Crippen LogP) is 1.42. The van der Waals surface area contributed by atoms with Crippen molar-refractivity contribution in [3.05, 3.63) is 35.9 Å². The van der Waals surface area contributed by atoms with Gasteiger partial charge in [0.25, 0.3) is 0 Å². The Morgan fingerprint density at radius 1 is 1.40 bits per heavy atom. The van der Waals surface area contributed by atoms with Gasteiger partial charge in [-0.2, -0.15) is 0 Å². The van der Waals surface area contributed by atoms with E-state index in [-0.39, 0.29) is 5.92 Å².